The molecule has 0 heterocycles. The first-order chi connectivity index (χ1) is 45.0. The highest BCUT2D eigenvalue weighted by Crippen LogP contribution is 2.45. The van der Waals surface area contributed by atoms with E-state index >= 15 is 0 Å². The number of unbranched alkanes of at least 4 members (excludes halogenated alkanes) is 46. The lowest BCUT2D eigenvalue weighted by molar-refractivity contribution is -0.161. The van der Waals surface area contributed by atoms with Crippen LogP contribution in [0.4, 0.5) is 0 Å². The Morgan fingerprint density at radius 2 is 0.495 bits per heavy atom. The number of aliphatic hydroxyl groups excluding tert-OH is 1. The molecule has 0 aliphatic rings. The van der Waals surface area contributed by atoms with Crippen molar-refractivity contribution in [3.63, 3.8) is 0 Å². The van der Waals surface area contributed by atoms with Crippen LogP contribution in [0.1, 0.15) is 388 Å². The molecular formula is C74H144O17P2. The molecule has 0 aliphatic heterocycles. The van der Waals surface area contributed by atoms with Crippen LogP contribution in [0.3, 0.4) is 0 Å². The van der Waals surface area contributed by atoms with Gasteiger partial charge in [-0.3, -0.25) is 37.3 Å². The number of phosphoric ester groups is 2. The Morgan fingerprint density at radius 1 is 0.290 bits per heavy atom. The Hall–Kier alpha value is -1.94. The molecular weight excluding hydrogens is 1220 g/mol. The van der Waals surface area contributed by atoms with Gasteiger partial charge in [0.25, 0.3) is 0 Å². The maximum atomic E-state index is 13.1. The Kier molecular flexibility index (Phi) is 65.9. The molecule has 552 valence electrons. The highest BCUT2D eigenvalue weighted by molar-refractivity contribution is 7.47. The zero-order chi connectivity index (χ0) is 68.4. The van der Waals surface area contributed by atoms with Crippen LogP contribution in [0.25, 0.3) is 0 Å². The lowest BCUT2D eigenvalue weighted by Crippen LogP contribution is -2.30. The van der Waals surface area contributed by atoms with Crippen molar-refractivity contribution in [2.75, 3.05) is 39.6 Å². The van der Waals surface area contributed by atoms with Gasteiger partial charge in [-0.2, -0.15) is 0 Å². The average molecular weight is 1370 g/mol. The Morgan fingerprint density at radius 3 is 0.731 bits per heavy atom. The van der Waals surface area contributed by atoms with Crippen molar-refractivity contribution in [1.29, 1.82) is 0 Å². The van der Waals surface area contributed by atoms with Crippen molar-refractivity contribution in [2.24, 2.45) is 5.92 Å². The summed E-state index contributed by atoms with van der Waals surface area (Å²) >= 11 is 0. The number of esters is 4. The maximum absolute atomic E-state index is 13.1. The standard InChI is InChI=1S/C74H144O17P2/c1-6-9-12-15-18-21-24-29-34-38-43-48-53-58-72(77)85-64-70(91-74(79)60-55-50-45-40-35-31-28-26-27-30-32-36-41-46-51-56-67(4)5)66-89-93(82,83)87-62-68(75)61-86-92(80,81)88-65-69(63-84-71(76)57-52-47-42-37-23-20-17-14-11-8-3)90-73(78)59-54-49-44-39-33-25-22-19-16-13-10-7-2/h67-70,75H,6-66H2,1-5H3,(H,80,81)(H,82,83)/t68-,69+,70+/m0/s1. The average Bonchev–Trinajstić information content (AvgIpc) is 3.37. The summed E-state index contributed by atoms with van der Waals surface area (Å²) in [6.07, 6.45) is 55.3. The number of hydrogen-bond donors (Lipinski definition) is 3. The van der Waals surface area contributed by atoms with Gasteiger partial charge in [-0.25, -0.2) is 9.13 Å². The van der Waals surface area contributed by atoms with Crippen molar-refractivity contribution < 1.29 is 80.2 Å². The zero-order valence-corrected chi connectivity index (χ0v) is 62.2. The van der Waals surface area contributed by atoms with E-state index in [2.05, 4.69) is 34.6 Å². The second kappa shape index (κ2) is 67.3. The third-order valence-corrected chi connectivity index (χ3v) is 19.2. The predicted molar refractivity (Wildman–Crippen MR) is 377 cm³/mol. The van der Waals surface area contributed by atoms with E-state index < -0.39 is 97.5 Å². The van der Waals surface area contributed by atoms with Gasteiger partial charge >= 0.3 is 39.5 Å². The summed E-state index contributed by atoms with van der Waals surface area (Å²) in [6.45, 7) is 7.30. The lowest BCUT2D eigenvalue weighted by atomic mass is 10.0. The number of phosphoric acid groups is 2. The summed E-state index contributed by atoms with van der Waals surface area (Å²) in [5.41, 5.74) is 0. The van der Waals surface area contributed by atoms with Crippen LogP contribution >= 0.6 is 15.6 Å². The van der Waals surface area contributed by atoms with E-state index in [4.69, 9.17) is 37.0 Å². The minimum atomic E-state index is -4.95. The SMILES string of the molecule is CCCCCCCCCCCCCCCC(=O)OC[C@H](COP(=O)(O)OC[C@@H](O)COP(=O)(O)OC[C@@H](COC(=O)CCCCCCCCCCCC)OC(=O)CCCCCCCCCCCCCC)OC(=O)CCCCCCCCCCCCCCCCCC(C)C. The monoisotopic (exact) mass is 1370 g/mol. The molecule has 3 N–H and O–H groups in total. The quantitative estimate of drug-likeness (QED) is 0.0222. The number of carbonyl (C=O) groups is 4. The number of rotatable bonds is 74. The molecule has 17 nitrogen and oxygen atoms in total. The van der Waals surface area contributed by atoms with Crippen molar-refractivity contribution >= 4 is 39.5 Å². The van der Waals surface area contributed by atoms with Crippen LogP contribution in [0, 0.1) is 5.92 Å². The van der Waals surface area contributed by atoms with E-state index in [9.17, 15) is 43.2 Å². The molecule has 5 atom stereocenters. The molecule has 0 rings (SSSR count). The lowest BCUT2D eigenvalue weighted by Gasteiger charge is -2.21. The van der Waals surface area contributed by atoms with Gasteiger partial charge in [0, 0.05) is 25.7 Å². The molecule has 0 aromatic heterocycles. The van der Waals surface area contributed by atoms with Crippen LogP contribution < -0.4 is 0 Å². The Bertz CT molecular complexity index is 1790. The van der Waals surface area contributed by atoms with Crippen molar-refractivity contribution in [3.05, 3.63) is 0 Å². The summed E-state index contributed by atoms with van der Waals surface area (Å²) in [5, 5.41) is 10.6. The fourth-order valence-corrected chi connectivity index (χ4v) is 12.9. The van der Waals surface area contributed by atoms with Gasteiger partial charge in [0.15, 0.2) is 12.2 Å². The summed E-state index contributed by atoms with van der Waals surface area (Å²) in [4.78, 5) is 72.7. The third kappa shape index (κ3) is 68.4. The fraction of sp³-hybridized carbons (Fsp3) is 0.946. The molecule has 93 heavy (non-hydrogen) atoms. The molecule has 0 radical (unpaired) electrons. The van der Waals surface area contributed by atoms with E-state index in [1.54, 1.807) is 0 Å². The second-order valence-electron chi connectivity index (χ2n) is 27.2. The predicted octanol–water partition coefficient (Wildman–Crippen LogP) is 21.7. The van der Waals surface area contributed by atoms with Gasteiger partial charge in [-0.05, 0) is 31.6 Å². The normalized spacial score (nSPS) is 14.0. The van der Waals surface area contributed by atoms with Crippen molar-refractivity contribution in [2.45, 2.75) is 406 Å². The molecule has 0 aromatic rings. The molecule has 0 aliphatic carbocycles. The maximum Gasteiger partial charge on any atom is 0.472 e. The molecule has 19 heteroatoms. The van der Waals surface area contributed by atoms with E-state index in [0.29, 0.717) is 25.7 Å². The van der Waals surface area contributed by atoms with Gasteiger partial charge in [-0.15, -0.1) is 0 Å². The molecule has 0 bridgehead atoms. The molecule has 0 aromatic carbocycles. The van der Waals surface area contributed by atoms with Crippen LogP contribution in [0.5, 0.6) is 0 Å². The minimum absolute atomic E-state index is 0.108. The van der Waals surface area contributed by atoms with Crippen LogP contribution in [-0.4, -0.2) is 96.7 Å². The molecule has 0 saturated heterocycles. The van der Waals surface area contributed by atoms with Crippen LogP contribution in [0.2, 0.25) is 0 Å². The molecule has 0 amide bonds. The first kappa shape index (κ1) is 91.1. The van der Waals surface area contributed by atoms with E-state index in [0.717, 1.165) is 95.8 Å². The van der Waals surface area contributed by atoms with Crippen molar-refractivity contribution in [3.8, 4) is 0 Å². The summed E-state index contributed by atoms with van der Waals surface area (Å²) in [5.74, 6) is -1.31. The first-order valence-corrected chi connectivity index (χ1v) is 41.6. The molecule has 0 saturated carbocycles. The minimum Gasteiger partial charge on any atom is -0.462 e. The summed E-state index contributed by atoms with van der Waals surface area (Å²) in [6, 6.07) is 0. The number of ether oxygens (including phenoxy) is 4. The highest BCUT2D eigenvalue weighted by atomic mass is 31.2. The Labute approximate surface area is 568 Å². The second-order valence-corrected chi connectivity index (χ2v) is 30.1. The zero-order valence-electron chi connectivity index (χ0n) is 60.4. The topological polar surface area (TPSA) is 237 Å². The molecule has 0 fully saturated rings. The van der Waals surface area contributed by atoms with Gasteiger partial charge in [0.05, 0.1) is 26.4 Å². The first-order valence-electron chi connectivity index (χ1n) is 38.6. The van der Waals surface area contributed by atoms with Gasteiger partial charge < -0.3 is 33.8 Å². The molecule has 0 spiro atoms. The van der Waals surface area contributed by atoms with E-state index in [-0.39, 0.29) is 25.7 Å². The fourth-order valence-electron chi connectivity index (χ4n) is 11.4. The van der Waals surface area contributed by atoms with Gasteiger partial charge in [-0.1, -0.05) is 336 Å². The van der Waals surface area contributed by atoms with E-state index in [1.807, 2.05) is 0 Å². The molecule has 2 unspecified atom stereocenters. The largest absolute Gasteiger partial charge is 0.472 e. The van der Waals surface area contributed by atoms with Crippen molar-refractivity contribution in [1.82, 2.24) is 0 Å². The number of carbonyl (C=O) groups excluding carboxylic acids is 4. The Balaban J connectivity index is 5.23. The number of aliphatic hydroxyl groups is 1. The van der Waals surface area contributed by atoms with Crippen LogP contribution in [-0.2, 0) is 65.4 Å². The number of hydrogen-bond acceptors (Lipinski definition) is 15. The third-order valence-electron chi connectivity index (χ3n) is 17.3. The van der Waals surface area contributed by atoms with E-state index in [1.165, 1.54) is 212 Å². The van der Waals surface area contributed by atoms with Gasteiger partial charge in [0.1, 0.15) is 19.3 Å². The highest BCUT2D eigenvalue weighted by Gasteiger charge is 2.30. The smallest absolute Gasteiger partial charge is 0.462 e. The summed E-state index contributed by atoms with van der Waals surface area (Å²) < 4.78 is 68.4. The summed E-state index contributed by atoms with van der Waals surface area (Å²) in [7, 11) is -9.90. The van der Waals surface area contributed by atoms with Gasteiger partial charge in [0.2, 0.25) is 0 Å². The van der Waals surface area contributed by atoms with Crippen LogP contribution in [0.15, 0.2) is 0 Å².